The molecule has 1 aromatic carbocycles. The zero-order chi connectivity index (χ0) is 17.4. The van der Waals surface area contributed by atoms with Gasteiger partial charge < -0.3 is 14.4 Å². The maximum atomic E-state index is 12.8. The van der Waals surface area contributed by atoms with Gasteiger partial charge in [-0.05, 0) is 18.2 Å². The van der Waals surface area contributed by atoms with Crippen LogP contribution in [0, 0.1) is 11.3 Å². The molecule has 1 amide bonds. The molecule has 2 atom stereocenters. The van der Waals surface area contributed by atoms with Crippen molar-refractivity contribution in [3.05, 3.63) is 29.8 Å². The number of likely N-dealkylation sites (tertiary alicyclic amines) is 1. The number of nitrogens with one attached hydrogen (secondary N) is 1. The Morgan fingerprint density at radius 2 is 2.29 bits per heavy atom. The first-order valence-corrected chi connectivity index (χ1v) is 9.68. The predicted octanol–water partition coefficient (Wildman–Crippen LogP) is 0.333. The molecular weight excluding hydrogens is 332 g/mol. The number of fused-ring (bicyclic) bond motifs is 1. The fourth-order valence-electron chi connectivity index (χ4n) is 3.45. The minimum Gasteiger partial charge on any atom is -0.497 e. The van der Waals surface area contributed by atoms with E-state index in [2.05, 4.69) is 4.72 Å². The van der Waals surface area contributed by atoms with Crippen molar-refractivity contribution < 1.29 is 22.7 Å². The standard InChI is InChI=1S/C16H22N2O5S/c1-22-14-5-3-4-12(6-14)15(19)18-7-13-8-23-11-16(13,10-18)9-17-24(2,20)21/h3-6,13,17H,7-11H2,1-2H3/t13-,16+/m1/s1. The van der Waals surface area contributed by atoms with Crippen molar-refractivity contribution in [3.8, 4) is 5.75 Å². The van der Waals surface area contributed by atoms with Crippen LogP contribution >= 0.6 is 0 Å². The summed E-state index contributed by atoms with van der Waals surface area (Å²) in [5.74, 6) is 0.709. The van der Waals surface area contributed by atoms with Crippen LogP contribution in [0.25, 0.3) is 0 Å². The lowest BCUT2D eigenvalue weighted by Crippen LogP contribution is -2.43. The largest absolute Gasteiger partial charge is 0.497 e. The van der Waals surface area contributed by atoms with E-state index in [1.54, 1.807) is 36.3 Å². The van der Waals surface area contributed by atoms with Gasteiger partial charge >= 0.3 is 0 Å². The third kappa shape index (κ3) is 3.40. The van der Waals surface area contributed by atoms with Crippen LogP contribution in [0.15, 0.2) is 24.3 Å². The van der Waals surface area contributed by atoms with Crippen molar-refractivity contribution in [3.63, 3.8) is 0 Å². The summed E-state index contributed by atoms with van der Waals surface area (Å²) in [5, 5.41) is 0. The number of carbonyl (C=O) groups excluding carboxylic acids is 1. The van der Waals surface area contributed by atoms with Crippen LogP contribution in [0.5, 0.6) is 5.75 Å². The van der Waals surface area contributed by atoms with Gasteiger partial charge in [0.25, 0.3) is 5.91 Å². The lowest BCUT2D eigenvalue weighted by molar-refractivity contribution is 0.0721. The summed E-state index contributed by atoms with van der Waals surface area (Å²) in [7, 11) is -1.72. The van der Waals surface area contributed by atoms with Crippen LogP contribution in [-0.2, 0) is 14.8 Å². The Morgan fingerprint density at radius 1 is 1.50 bits per heavy atom. The molecule has 0 bridgehead atoms. The molecule has 7 nitrogen and oxygen atoms in total. The first-order valence-electron chi connectivity index (χ1n) is 7.79. The highest BCUT2D eigenvalue weighted by Gasteiger charge is 2.52. The molecule has 2 saturated heterocycles. The van der Waals surface area contributed by atoms with Gasteiger partial charge in [0, 0.05) is 36.5 Å². The van der Waals surface area contributed by atoms with E-state index in [-0.39, 0.29) is 17.2 Å². The molecule has 0 unspecified atom stereocenters. The topological polar surface area (TPSA) is 84.9 Å². The number of amides is 1. The number of rotatable bonds is 5. The summed E-state index contributed by atoms with van der Waals surface area (Å²) in [6.07, 6.45) is 1.14. The van der Waals surface area contributed by atoms with Crippen molar-refractivity contribution in [2.24, 2.45) is 11.3 Å². The second-order valence-corrected chi connectivity index (χ2v) is 8.42. The average molecular weight is 354 g/mol. The Bertz CT molecular complexity index is 736. The van der Waals surface area contributed by atoms with E-state index in [9.17, 15) is 13.2 Å². The fourth-order valence-corrected chi connectivity index (χ4v) is 4.00. The second kappa shape index (κ2) is 6.34. The highest BCUT2D eigenvalue weighted by Crippen LogP contribution is 2.41. The van der Waals surface area contributed by atoms with Gasteiger partial charge in [0.05, 0.1) is 26.6 Å². The first-order chi connectivity index (χ1) is 11.3. The van der Waals surface area contributed by atoms with E-state index in [1.807, 2.05) is 0 Å². The minimum atomic E-state index is -3.28. The van der Waals surface area contributed by atoms with Crippen LogP contribution in [0.4, 0.5) is 0 Å². The van der Waals surface area contributed by atoms with Crippen LogP contribution in [0.1, 0.15) is 10.4 Å². The quantitative estimate of drug-likeness (QED) is 0.824. The Hall–Kier alpha value is -1.64. The maximum absolute atomic E-state index is 12.8. The van der Waals surface area contributed by atoms with Gasteiger partial charge in [-0.25, -0.2) is 13.1 Å². The lowest BCUT2D eigenvalue weighted by atomic mass is 9.81. The first kappa shape index (κ1) is 17.2. The minimum absolute atomic E-state index is 0.0676. The second-order valence-electron chi connectivity index (χ2n) is 6.59. The molecule has 0 aliphatic carbocycles. The highest BCUT2D eigenvalue weighted by atomic mass is 32.2. The zero-order valence-electron chi connectivity index (χ0n) is 13.8. The van der Waals surface area contributed by atoms with Crippen molar-refractivity contribution in [2.75, 3.05) is 46.2 Å². The van der Waals surface area contributed by atoms with Crippen LogP contribution in [0.2, 0.25) is 0 Å². The summed E-state index contributed by atoms with van der Waals surface area (Å²) in [6, 6.07) is 7.05. The van der Waals surface area contributed by atoms with Gasteiger partial charge in [-0.3, -0.25) is 4.79 Å². The summed E-state index contributed by atoms with van der Waals surface area (Å²) >= 11 is 0. The zero-order valence-corrected chi connectivity index (χ0v) is 14.6. The number of nitrogens with zero attached hydrogens (tertiary/aromatic N) is 1. The van der Waals surface area contributed by atoms with Crippen LogP contribution < -0.4 is 9.46 Å². The third-order valence-electron chi connectivity index (χ3n) is 4.81. The number of carbonyl (C=O) groups is 1. The molecule has 2 aliphatic heterocycles. The Morgan fingerprint density at radius 3 is 3.00 bits per heavy atom. The van der Waals surface area contributed by atoms with Crippen LogP contribution in [-0.4, -0.2) is 65.4 Å². The Kier molecular flexibility index (Phi) is 4.54. The van der Waals surface area contributed by atoms with E-state index in [0.29, 0.717) is 44.2 Å². The van der Waals surface area contributed by atoms with Gasteiger partial charge in [0.1, 0.15) is 5.75 Å². The number of methoxy groups -OCH3 is 1. The molecule has 1 N–H and O–H groups in total. The number of hydrogen-bond acceptors (Lipinski definition) is 5. The van der Waals surface area contributed by atoms with Crippen molar-refractivity contribution in [2.45, 2.75) is 0 Å². The molecule has 0 radical (unpaired) electrons. The number of benzene rings is 1. The molecular formula is C16H22N2O5S. The van der Waals surface area contributed by atoms with E-state index in [0.717, 1.165) is 6.26 Å². The number of ether oxygens (including phenoxy) is 2. The number of sulfonamides is 1. The molecule has 24 heavy (non-hydrogen) atoms. The smallest absolute Gasteiger partial charge is 0.254 e. The molecule has 2 heterocycles. The molecule has 3 rings (SSSR count). The molecule has 2 fully saturated rings. The molecule has 1 aromatic rings. The monoisotopic (exact) mass is 354 g/mol. The SMILES string of the molecule is COc1cccc(C(=O)N2C[C@@H]3COC[C@]3(CNS(C)(=O)=O)C2)c1. The third-order valence-corrected chi connectivity index (χ3v) is 5.48. The van der Waals surface area contributed by atoms with E-state index >= 15 is 0 Å². The van der Waals surface area contributed by atoms with Crippen molar-refractivity contribution >= 4 is 15.9 Å². The highest BCUT2D eigenvalue weighted by molar-refractivity contribution is 7.88. The lowest BCUT2D eigenvalue weighted by Gasteiger charge is -2.27. The van der Waals surface area contributed by atoms with E-state index in [1.165, 1.54) is 0 Å². The van der Waals surface area contributed by atoms with Crippen LogP contribution in [0.3, 0.4) is 0 Å². The molecule has 8 heteroatoms. The summed E-state index contributed by atoms with van der Waals surface area (Å²) in [4.78, 5) is 14.6. The summed E-state index contributed by atoms with van der Waals surface area (Å²) in [5.41, 5.74) is 0.221. The van der Waals surface area contributed by atoms with Gasteiger partial charge in [-0.2, -0.15) is 0 Å². The van der Waals surface area contributed by atoms with Gasteiger partial charge in [-0.1, -0.05) is 6.07 Å². The molecule has 0 aromatic heterocycles. The maximum Gasteiger partial charge on any atom is 0.254 e. The average Bonchev–Trinajstić information content (AvgIpc) is 3.09. The fraction of sp³-hybridized carbons (Fsp3) is 0.562. The predicted molar refractivity (Wildman–Crippen MR) is 88.5 cm³/mol. The molecule has 132 valence electrons. The molecule has 0 saturated carbocycles. The normalized spacial score (nSPS) is 26.4. The van der Waals surface area contributed by atoms with Crippen molar-refractivity contribution in [1.82, 2.24) is 9.62 Å². The van der Waals surface area contributed by atoms with E-state index in [4.69, 9.17) is 9.47 Å². The molecule has 0 spiro atoms. The summed E-state index contributed by atoms with van der Waals surface area (Å²) in [6.45, 7) is 2.35. The van der Waals surface area contributed by atoms with Gasteiger partial charge in [0.2, 0.25) is 10.0 Å². The number of hydrogen-bond donors (Lipinski definition) is 1. The summed E-state index contributed by atoms with van der Waals surface area (Å²) < 4.78 is 36.2. The van der Waals surface area contributed by atoms with Gasteiger partial charge in [0.15, 0.2) is 0 Å². The van der Waals surface area contributed by atoms with Crippen molar-refractivity contribution in [1.29, 1.82) is 0 Å². The Labute approximate surface area is 142 Å². The molecule has 2 aliphatic rings. The van der Waals surface area contributed by atoms with E-state index < -0.39 is 10.0 Å². The van der Waals surface area contributed by atoms with Gasteiger partial charge in [-0.15, -0.1) is 0 Å². The Balaban J connectivity index is 1.76.